The minimum atomic E-state index is -0.583. The minimum absolute atomic E-state index is 0.00229. The number of anilines is 1. The van der Waals surface area contributed by atoms with E-state index in [-0.39, 0.29) is 11.9 Å². The van der Waals surface area contributed by atoms with Crippen molar-refractivity contribution >= 4 is 11.6 Å². The zero-order valence-corrected chi connectivity index (χ0v) is 15.4. The zero-order chi connectivity index (χ0) is 19.0. The van der Waals surface area contributed by atoms with E-state index in [1.165, 1.54) is 25.0 Å². The van der Waals surface area contributed by atoms with E-state index >= 15 is 0 Å². The number of hydrogen-bond donors (Lipinski definition) is 1. The average molecular weight is 374 g/mol. The number of rotatable bonds is 5. The second-order valence-electron chi connectivity index (χ2n) is 7.58. The van der Waals surface area contributed by atoms with Crippen LogP contribution in [0.25, 0.3) is 0 Å². The molecule has 1 aromatic heterocycles. The van der Waals surface area contributed by atoms with Crippen molar-refractivity contribution in [3.8, 4) is 0 Å². The SMILES string of the molecule is C[C@H]1CN(C(=O)CCc2cnc(C3CC3)[nH]2)CCN1c1cc(F)cc(F)c1. The lowest BCUT2D eigenvalue weighted by atomic mass is 10.1. The van der Waals surface area contributed by atoms with Crippen LogP contribution in [0.4, 0.5) is 14.5 Å². The molecule has 1 aromatic carbocycles. The predicted molar refractivity (Wildman–Crippen MR) is 98.6 cm³/mol. The Hall–Kier alpha value is -2.44. The summed E-state index contributed by atoms with van der Waals surface area (Å²) in [6.07, 6.45) is 5.32. The van der Waals surface area contributed by atoms with Gasteiger partial charge < -0.3 is 14.8 Å². The number of piperazine rings is 1. The molecule has 1 saturated carbocycles. The van der Waals surface area contributed by atoms with Gasteiger partial charge in [-0.15, -0.1) is 0 Å². The third-order valence-corrected chi connectivity index (χ3v) is 5.38. The van der Waals surface area contributed by atoms with Crippen molar-refractivity contribution in [2.45, 2.75) is 44.6 Å². The molecule has 4 rings (SSSR count). The summed E-state index contributed by atoms with van der Waals surface area (Å²) < 4.78 is 27.0. The Labute approximate surface area is 157 Å². The molecule has 0 radical (unpaired) electrons. The van der Waals surface area contributed by atoms with Crippen molar-refractivity contribution in [2.24, 2.45) is 0 Å². The van der Waals surface area contributed by atoms with Crippen molar-refractivity contribution in [1.82, 2.24) is 14.9 Å². The number of carbonyl (C=O) groups is 1. The van der Waals surface area contributed by atoms with Crippen LogP contribution >= 0.6 is 0 Å². The highest BCUT2D eigenvalue weighted by atomic mass is 19.1. The maximum absolute atomic E-state index is 13.5. The molecule has 0 bridgehead atoms. The first kappa shape index (κ1) is 17.9. The Bertz CT molecular complexity index is 813. The van der Waals surface area contributed by atoms with E-state index in [4.69, 9.17) is 0 Å². The molecule has 0 spiro atoms. The standard InChI is InChI=1S/C20H24F2N4O/c1-13-12-25(6-7-26(13)18-9-15(21)8-16(22)10-18)19(27)5-4-17-11-23-20(24-17)14-2-3-14/h8-11,13-14H,2-7,12H2,1H3,(H,23,24)/t13-/m0/s1. The van der Waals surface area contributed by atoms with Gasteiger partial charge in [0.15, 0.2) is 0 Å². The smallest absolute Gasteiger partial charge is 0.223 e. The van der Waals surface area contributed by atoms with E-state index in [1.807, 2.05) is 22.9 Å². The van der Waals surface area contributed by atoms with Crippen molar-refractivity contribution in [2.75, 3.05) is 24.5 Å². The second-order valence-corrected chi connectivity index (χ2v) is 7.58. The molecule has 2 fully saturated rings. The van der Waals surface area contributed by atoms with Crippen LogP contribution in [0.5, 0.6) is 0 Å². The third kappa shape index (κ3) is 4.12. The van der Waals surface area contributed by atoms with Crippen molar-refractivity contribution in [3.63, 3.8) is 0 Å². The van der Waals surface area contributed by atoms with Gasteiger partial charge in [-0.2, -0.15) is 0 Å². The molecular weight excluding hydrogens is 350 g/mol. The number of hydrogen-bond acceptors (Lipinski definition) is 3. The number of aromatic amines is 1. The number of halogens is 2. The van der Waals surface area contributed by atoms with Crippen LogP contribution in [0.1, 0.15) is 43.6 Å². The third-order valence-electron chi connectivity index (χ3n) is 5.38. The Morgan fingerprint density at radius 3 is 2.63 bits per heavy atom. The van der Waals surface area contributed by atoms with Gasteiger partial charge in [-0.25, -0.2) is 13.8 Å². The average Bonchev–Trinajstić information content (AvgIpc) is 3.37. The molecular formula is C20H24F2N4O. The molecule has 1 N–H and O–H groups in total. The van der Waals surface area contributed by atoms with Crippen LogP contribution in [-0.2, 0) is 11.2 Å². The fourth-order valence-corrected chi connectivity index (χ4v) is 3.74. The Balaban J connectivity index is 1.32. The topological polar surface area (TPSA) is 52.2 Å². The summed E-state index contributed by atoms with van der Waals surface area (Å²) in [4.78, 5) is 24.1. The number of aryl methyl sites for hydroxylation is 1. The van der Waals surface area contributed by atoms with E-state index in [2.05, 4.69) is 9.97 Å². The molecule has 1 saturated heterocycles. The number of amides is 1. The Morgan fingerprint density at radius 1 is 1.22 bits per heavy atom. The van der Waals surface area contributed by atoms with Gasteiger partial charge in [-0.1, -0.05) is 0 Å². The summed E-state index contributed by atoms with van der Waals surface area (Å²) >= 11 is 0. The van der Waals surface area contributed by atoms with Gasteiger partial charge in [0.1, 0.15) is 17.5 Å². The van der Waals surface area contributed by atoms with Crippen molar-refractivity contribution in [1.29, 1.82) is 0 Å². The van der Waals surface area contributed by atoms with E-state index < -0.39 is 11.6 Å². The molecule has 2 aliphatic rings. The number of nitrogens with one attached hydrogen (secondary N) is 1. The van der Waals surface area contributed by atoms with Gasteiger partial charge in [0.2, 0.25) is 5.91 Å². The van der Waals surface area contributed by atoms with Crippen molar-refractivity contribution in [3.05, 3.63) is 47.5 Å². The first-order valence-electron chi connectivity index (χ1n) is 9.54. The highest BCUT2D eigenvalue weighted by Crippen LogP contribution is 2.38. The summed E-state index contributed by atoms with van der Waals surface area (Å²) in [6, 6.07) is 3.55. The maximum Gasteiger partial charge on any atom is 0.223 e. The van der Waals surface area contributed by atoms with Crippen LogP contribution in [0, 0.1) is 11.6 Å². The fourth-order valence-electron chi connectivity index (χ4n) is 3.74. The lowest BCUT2D eigenvalue weighted by molar-refractivity contribution is -0.131. The normalized spacial score (nSPS) is 20.2. The summed E-state index contributed by atoms with van der Waals surface area (Å²) in [5.74, 6) is 0.564. The fraction of sp³-hybridized carbons (Fsp3) is 0.500. The lowest BCUT2D eigenvalue weighted by Crippen LogP contribution is -2.53. The lowest BCUT2D eigenvalue weighted by Gasteiger charge is -2.41. The van der Waals surface area contributed by atoms with E-state index in [9.17, 15) is 13.6 Å². The summed E-state index contributed by atoms with van der Waals surface area (Å²) in [5.41, 5.74) is 1.53. The van der Waals surface area contributed by atoms with Crippen LogP contribution in [0.2, 0.25) is 0 Å². The van der Waals surface area contributed by atoms with E-state index in [1.54, 1.807) is 0 Å². The highest BCUT2D eigenvalue weighted by Gasteiger charge is 2.28. The van der Waals surface area contributed by atoms with E-state index in [0.717, 1.165) is 17.6 Å². The van der Waals surface area contributed by atoms with Gasteiger partial charge in [0.25, 0.3) is 0 Å². The maximum atomic E-state index is 13.5. The molecule has 5 nitrogen and oxygen atoms in total. The summed E-state index contributed by atoms with van der Waals surface area (Å²) in [5, 5.41) is 0. The number of aromatic nitrogens is 2. The monoisotopic (exact) mass is 374 g/mol. The number of nitrogens with zero attached hydrogens (tertiary/aromatic N) is 3. The van der Waals surface area contributed by atoms with Crippen LogP contribution in [0.15, 0.2) is 24.4 Å². The van der Waals surface area contributed by atoms with Gasteiger partial charge in [0, 0.05) is 61.7 Å². The van der Waals surface area contributed by atoms with Gasteiger partial charge in [-0.3, -0.25) is 4.79 Å². The number of H-pyrrole nitrogens is 1. The van der Waals surface area contributed by atoms with Gasteiger partial charge >= 0.3 is 0 Å². The van der Waals surface area contributed by atoms with Crippen LogP contribution < -0.4 is 4.90 Å². The Kier molecular flexibility index (Phi) is 4.85. The van der Waals surface area contributed by atoms with E-state index in [0.29, 0.717) is 44.1 Å². The largest absolute Gasteiger partial charge is 0.365 e. The molecule has 1 atom stereocenters. The highest BCUT2D eigenvalue weighted by molar-refractivity contribution is 5.76. The molecule has 2 heterocycles. The quantitative estimate of drug-likeness (QED) is 0.874. The number of benzene rings is 1. The molecule has 0 unspecified atom stereocenters. The molecule has 1 aliphatic heterocycles. The minimum Gasteiger partial charge on any atom is -0.365 e. The van der Waals surface area contributed by atoms with Crippen LogP contribution in [0.3, 0.4) is 0 Å². The molecule has 2 aromatic rings. The molecule has 1 aliphatic carbocycles. The summed E-state index contributed by atoms with van der Waals surface area (Å²) in [7, 11) is 0. The molecule has 1 amide bonds. The molecule has 144 valence electrons. The van der Waals surface area contributed by atoms with Crippen molar-refractivity contribution < 1.29 is 13.6 Å². The van der Waals surface area contributed by atoms with Gasteiger partial charge in [0.05, 0.1) is 0 Å². The number of carbonyl (C=O) groups excluding carboxylic acids is 1. The Morgan fingerprint density at radius 2 is 1.96 bits per heavy atom. The molecule has 7 heteroatoms. The second kappa shape index (κ2) is 7.29. The first-order valence-corrected chi connectivity index (χ1v) is 9.54. The predicted octanol–water partition coefficient (Wildman–Crippen LogP) is 3.24. The first-order chi connectivity index (χ1) is 13.0. The summed E-state index contributed by atoms with van der Waals surface area (Å²) in [6.45, 7) is 3.63. The van der Waals surface area contributed by atoms with Gasteiger partial charge in [-0.05, 0) is 38.3 Å². The number of imidazole rings is 1. The molecule has 27 heavy (non-hydrogen) atoms. The zero-order valence-electron chi connectivity index (χ0n) is 15.4. The van der Waals surface area contributed by atoms with Crippen LogP contribution in [-0.4, -0.2) is 46.5 Å².